The summed E-state index contributed by atoms with van der Waals surface area (Å²) in [4.78, 5) is 102. The van der Waals surface area contributed by atoms with Crippen LogP contribution in [0.2, 0.25) is 0 Å². The lowest BCUT2D eigenvalue weighted by molar-refractivity contribution is -0.140. The second-order valence-electron chi connectivity index (χ2n) is 21.9. The van der Waals surface area contributed by atoms with E-state index in [2.05, 4.69) is 55.2 Å². The maximum Gasteiger partial charge on any atom is 0.481 e. The number of phosphoric acid groups is 3. The minimum Gasteiger partial charge on any atom is -0.386 e. The van der Waals surface area contributed by atoms with E-state index in [0.29, 0.717) is 47.5 Å². The minimum atomic E-state index is -5.59. The molecule has 1 saturated heterocycles. The number of aliphatic hydroxyl groups is 2. The SMILES string of the molecule is C[C@H](CCC(=O)SCCNC(=O)CCNC(=O)[C@H](O)C(C)(C)COP(=O)(O)OP(=O)(O)OC[C@H]1O[C@@H](n2cnc3c(N)ncnc32)[C@H](O)[C@@H]1OP(=O)(O)O)[C@H]1CC[C@H]2[C@@H]3CC[C@@H]4CC(=O)CC[C@]4(C)[C@H]3CC[C@]12C. The standard InChI is InChI=1S/C45H72N7O18P3S/c1-25(29-9-10-30-28-8-7-26-20-27(53)12-15-44(26,4)31(28)13-16-45(29,30)5)6-11-34(55)74-19-18-47-33(54)14-17-48-41(58)38(57)43(2,3)22-67-73(64,65)70-72(62,63)66-21-32-37(69-71(59,60)61)36(56)42(68-32)52-24-51-35-39(46)49-23-50-40(35)52/h23-26,28-32,36-38,42,56-57H,6-22H2,1-5H3,(H,47,54)(H,48,58)(H,62,63)(H,64,65)(H2,46,49,50)(H2,59,60,61)/t25-,26-,28+,29-,30+,31+,32-,36-,37-,38+,42-,44+,45-/m1/s1. The van der Waals surface area contributed by atoms with Crippen molar-refractivity contribution in [2.45, 2.75) is 142 Å². The van der Waals surface area contributed by atoms with Crippen LogP contribution in [0.3, 0.4) is 0 Å². The van der Waals surface area contributed by atoms with E-state index in [1.807, 2.05) is 0 Å². The lowest BCUT2D eigenvalue weighted by atomic mass is 9.44. The number of amides is 2. The zero-order valence-electron chi connectivity index (χ0n) is 42.2. The van der Waals surface area contributed by atoms with Gasteiger partial charge in [0.05, 0.1) is 19.5 Å². The number of ether oxygens (including phenoxy) is 1. The smallest absolute Gasteiger partial charge is 0.386 e. The minimum absolute atomic E-state index is 0.0316. The van der Waals surface area contributed by atoms with Crippen molar-refractivity contribution in [3.63, 3.8) is 0 Å². The summed E-state index contributed by atoms with van der Waals surface area (Å²) in [5.41, 5.74) is 4.85. The fraction of sp³-hybridized carbons (Fsp3) is 0.800. The zero-order chi connectivity index (χ0) is 54.2. The number of ketones is 1. The highest BCUT2D eigenvalue weighted by atomic mass is 32.2. The molecule has 4 saturated carbocycles. The second kappa shape index (κ2) is 23.3. The molecule has 416 valence electrons. The van der Waals surface area contributed by atoms with Crippen LogP contribution in [0, 0.1) is 51.8 Å². The van der Waals surface area contributed by atoms with Crippen LogP contribution in [0.25, 0.3) is 11.2 Å². The van der Waals surface area contributed by atoms with Gasteiger partial charge in [0.25, 0.3) is 0 Å². The number of fused-ring (bicyclic) bond motifs is 6. The molecule has 1 aliphatic heterocycles. The number of rotatable bonds is 23. The Morgan fingerprint density at radius 2 is 1.68 bits per heavy atom. The fourth-order valence-corrected chi connectivity index (χ4v) is 16.5. The third-order valence-electron chi connectivity index (χ3n) is 16.8. The molecule has 2 amide bonds. The van der Waals surface area contributed by atoms with Crippen LogP contribution < -0.4 is 16.4 Å². The van der Waals surface area contributed by atoms with Gasteiger partial charge in [0.15, 0.2) is 22.8 Å². The van der Waals surface area contributed by atoms with Gasteiger partial charge in [0.1, 0.15) is 42.0 Å². The number of anilines is 1. The van der Waals surface area contributed by atoms with Gasteiger partial charge in [0, 0.05) is 49.9 Å². The molecular weight excluding hydrogens is 1050 g/mol. The number of thioether (sulfide) groups is 1. The number of hydrogen-bond acceptors (Lipinski definition) is 19. The topological polar surface area (TPSA) is 381 Å². The summed E-state index contributed by atoms with van der Waals surface area (Å²) in [5, 5.41) is 26.9. The van der Waals surface area contributed by atoms with Crippen LogP contribution in [0.1, 0.15) is 118 Å². The third kappa shape index (κ3) is 13.5. The van der Waals surface area contributed by atoms with Gasteiger partial charge in [-0.25, -0.2) is 28.6 Å². The van der Waals surface area contributed by atoms with Crippen LogP contribution in [0.5, 0.6) is 0 Å². The Bertz CT molecular complexity index is 2540. The van der Waals surface area contributed by atoms with E-state index >= 15 is 0 Å². The van der Waals surface area contributed by atoms with Gasteiger partial charge in [-0.1, -0.05) is 46.4 Å². The van der Waals surface area contributed by atoms with E-state index in [9.17, 15) is 62.7 Å². The number of carbonyl (C=O) groups is 4. The molecule has 29 heteroatoms. The van der Waals surface area contributed by atoms with Crippen LogP contribution in [-0.2, 0) is 55.5 Å². The van der Waals surface area contributed by atoms with Crippen molar-refractivity contribution in [1.82, 2.24) is 30.2 Å². The van der Waals surface area contributed by atoms with E-state index < -0.39 is 84.6 Å². The van der Waals surface area contributed by atoms with Crippen molar-refractivity contribution in [3.05, 3.63) is 12.7 Å². The highest BCUT2D eigenvalue weighted by Gasteiger charge is 2.61. The molecule has 5 fully saturated rings. The maximum atomic E-state index is 12.9. The zero-order valence-corrected chi connectivity index (χ0v) is 45.7. The third-order valence-corrected chi connectivity index (χ3v) is 20.8. The quantitative estimate of drug-likeness (QED) is 0.0553. The molecule has 7 rings (SSSR count). The van der Waals surface area contributed by atoms with Crippen molar-refractivity contribution in [2.75, 3.05) is 37.8 Å². The first-order chi connectivity index (χ1) is 34.5. The van der Waals surface area contributed by atoms with Crippen LogP contribution in [0.4, 0.5) is 5.82 Å². The molecule has 2 unspecified atom stereocenters. The van der Waals surface area contributed by atoms with Crippen molar-refractivity contribution in [1.29, 1.82) is 0 Å². The van der Waals surface area contributed by atoms with E-state index in [1.54, 1.807) is 0 Å². The number of carbonyl (C=O) groups excluding carboxylic acids is 4. The van der Waals surface area contributed by atoms with Crippen LogP contribution in [-0.4, -0.2) is 128 Å². The summed E-state index contributed by atoms with van der Waals surface area (Å²) in [6.07, 6.45) is 4.21. The van der Waals surface area contributed by atoms with Gasteiger partial charge in [-0.15, -0.1) is 0 Å². The lowest BCUT2D eigenvalue weighted by Crippen LogP contribution is -2.53. The first kappa shape index (κ1) is 58.9. The molecule has 0 radical (unpaired) electrons. The number of nitrogens with zero attached hydrogens (tertiary/aromatic N) is 4. The molecule has 15 atom stereocenters. The summed E-state index contributed by atoms with van der Waals surface area (Å²) in [7, 11) is -16.4. The summed E-state index contributed by atoms with van der Waals surface area (Å²) in [6, 6.07) is 0. The molecule has 2 aromatic rings. The number of phosphoric ester groups is 3. The molecular formula is C45H72N7O18P3S. The molecule has 2 aromatic heterocycles. The van der Waals surface area contributed by atoms with Gasteiger partial charge < -0.3 is 50.9 Å². The molecule has 74 heavy (non-hydrogen) atoms. The van der Waals surface area contributed by atoms with Crippen LogP contribution >= 0.6 is 35.2 Å². The predicted molar refractivity (Wildman–Crippen MR) is 266 cm³/mol. The van der Waals surface area contributed by atoms with Gasteiger partial charge >= 0.3 is 23.5 Å². The number of nitrogen functional groups attached to an aromatic ring is 1. The van der Waals surface area contributed by atoms with E-state index in [0.717, 1.165) is 48.8 Å². The Hall–Kier alpha value is -2.77. The average Bonchev–Trinajstić information content (AvgIpc) is 4.00. The van der Waals surface area contributed by atoms with Gasteiger partial charge in [0.2, 0.25) is 11.8 Å². The van der Waals surface area contributed by atoms with Gasteiger partial charge in [-0.2, -0.15) is 4.31 Å². The molecule has 25 nitrogen and oxygen atoms in total. The molecule has 3 heterocycles. The number of nitrogens with two attached hydrogens (primary N) is 1. The van der Waals surface area contributed by atoms with Crippen molar-refractivity contribution >= 4 is 74.9 Å². The van der Waals surface area contributed by atoms with Gasteiger partial charge in [-0.3, -0.25) is 37.3 Å². The number of hydrogen-bond donors (Lipinski definition) is 9. The van der Waals surface area contributed by atoms with E-state index in [1.165, 1.54) is 64.1 Å². The molecule has 0 aromatic carbocycles. The summed E-state index contributed by atoms with van der Waals surface area (Å²) in [5.74, 6) is 3.07. The Balaban J connectivity index is 0.774. The monoisotopic (exact) mass is 1120 g/mol. The predicted octanol–water partition coefficient (Wildman–Crippen LogP) is 4.31. The molecule has 10 N–H and O–H groups in total. The Morgan fingerprint density at radius 3 is 2.41 bits per heavy atom. The summed E-state index contributed by atoms with van der Waals surface area (Å²) in [6.45, 7) is 7.83. The Morgan fingerprint density at radius 1 is 0.959 bits per heavy atom. The maximum absolute atomic E-state index is 12.9. The van der Waals surface area contributed by atoms with E-state index in [-0.39, 0.29) is 52.4 Å². The average molecular weight is 1120 g/mol. The van der Waals surface area contributed by atoms with Crippen molar-refractivity contribution in [3.8, 4) is 0 Å². The normalized spacial score (nSPS) is 32.6. The first-order valence-electron chi connectivity index (χ1n) is 25.1. The molecule has 5 aliphatic rings. The molecule has 0 bridgehead atoms. The molecule has 0 spiro atoms. The number of nitrogens with one attached hydrogen (secondary N) is 2. The lowest BCUT2D eigenvalue weighted by Gasteiger charge is -2.60. The van der Waals surface area contributed by atoms with Crippen molar-refractivity contribution < 1.29 is 85.3 Å². The Labute approximate surface area is 433 Å². The first-order valence-corrected chi connectivity index (χ1v) is 30.6. The van der Waals surface area contributed by atoms with Gasteiger partial charge in [-0.05, 0) is 97.7 Å². The number of aromatic nitrogens is 4. The number of Topliss-reactive ketones (excluding diaryl/α,β-unsaturated/α-hetero) is 1. The summed E-state index contributed by atoms with van der Waals surface area (Å²) < 4.78 is 62.7. The highest BCUT2D eigenvalue weighted by Crippen LogP contribution is 2.68. The number of aliphatic hydroxyl groups excluding tert-OH is 2. The Kier molecular flexibility index (Phi) is 18.5. The van der Waals surface area contributed by atoms with Crippen LogP contribution in [0.15, 0.2) is 12.7 Å². The van der Waals surface area contributed by atoms with E-state index in [4.69, 9.17) is 19.5 Å². The fourth-order valence-electron chi connectivity index (χ4n) is 12.9. The number of imidazole rings is 1. The largest absolute Gasteiger partial charge is 0.481 e. The highest BCUT2D eigenvalue weighted by molar-refractivity contribution is 8.13. The van der Waals surface area contributed by atoms with Crippen molar-refractivity contribution in [2.24, 2.45) is 51.8 Å². The molecule has 4 aliphatic carbocycles. The second-order valence-corrected chi connectivity index (χ2v) is 27.3. The summed E-state index contributed by atoms with van der Waals surface area (Å²) >= 11 is 1.18.